The largest absolute Gasteiger partial charge is 0.497 e. The molecule has 106 valence electrons. The molecule has 2 rings (SSSR count). The second kappa shape index (κ2) is 5.92. The molecule has 1 atom stereocenters. The third-order valence-electron chi connectivity index (χ3n) is 3.34. The second-order valence-corrected chi connectivity index (χ2v) is 4.59. The molecule has 0 heterocycles. The highest BCUT2D eigenvalue weighted by Gasteiger charge is 2.17. The molecule has 0 radical (unpaired) electrons. The Labute approximate surface area is 118 Å². The monoisotopic (exact) mass is 275 g/mol. The predicted molar refractivity (Wildman–Crippen MR) is 76.7 cm³/mol. The molecular formula is C16H18FNO2. The van der Waals surface area contributed by atoms with Gasteiger partial charge in [-0.05, 0) is 48.4 Å². The third kappa shape index (κ3) is 2.75. The van der Waals surface area contributed by atoms with Crippen molar-refractivity contribution < 1.29 is 13.9 Å². The number of nitrogens with two attached hydrogens (primary N) is 1. The zero-order chi connectivity index (χ0) is 14.7. The molecule has 0 bridgehead atoms. The first-order chi connectivity index (χ1) is 9.56. The molecule has 1 unspecified atom stereocenters. The van der Waals surface area contributed by atoms with Crippen LogP contribution in [0.3, 0.4) is 0 Å². The van der Waals surface area contributed by atoms with Crippen molar-refractivity contribution in [2.75, 3.05) is 14.2 Å². The molecule has 20 heavy (non-hydrogen) atoms. The van der Waals surface area contributed by atoms with Crippen molar-refractivity contribution in [3.63, 3.8) is 0 Å². The van der Waals surface area contributed by atoms with Gasteiger partial charge >= 0.3 is 0 Å². The van der Waals surface area contributed by atoms with E-state index in [2.05, 4.69) is 0 Å². The van der Waals surface area contributed by atoms with Gasteiger partial charge in [-0.25, -0.2) is 4.39 Å². The van der Waals surface area contributed by atoms with E-state index in [0.717, 1.165) is 16.7 Å². The Morgan fingerprint density at radius 1 is 1.00 bits per heavy atom. The van der Waals surface area contributed by atoms with E-state index >= 15 is 0 Å². The first kappa shape index (κ1) is 14.3. The molecular weight excluding hydrogens is 257 g/mol. The molecule has 0 amide bonds. The Balaban J connectivity index is 2.48. The summed E-state index contributed by atoms with van der Waals surface area (Å²) in [6.45, 7) is 1.84. The molecule has 0 aliphatic heterocycles. The molecule has 4 heteroatoms. The van der Waals surface area contributed by atoms with Crippen LogP contribution in [0.1, 0.15) is 22.7 Å². The minimum absolute atomic E-state index is 0.268. The topological polar surface area (TPSA) is 44.5 Å². The van der Waals surface area contributed by atoms with E-state index in [1.165, 1.54) is 12.1 Å². The Kier molecular flexibility index (Phi) is 4.25. The van der Waals surface area contributed by atoms with Gasteiger partial charge in [-0.15, -0.1) is 0 Å². The Morgan fingerprint density at radius 3 is 2.35 bits per heavy atom. The molecule has 2 aromatic carbocycles. The van der Waals surface area contributed by atoms with Crippen molar-refractivity contribution in [2.45, 2.75) is 13.0 Å². The average Bonchev–Trinajstić information content (AvgIpc) is 2.46. The summed E-state index contributed by atoms with van der Waals surface area (Å²) in [4.78, 5) is 0. The zero-order valence-electron chi connectivity index (χ0n) is 11.8. The normalized spacial score (nSPS) is 12.1. The summed E-state index contributed by atoms with van der Waals surface area (Å²) < 4.78 is 23.8. The van der Waals surface area contributed by atoms with Crippen LogP contribution in [0.25, 0.3) is 0 Å². The van der Waals surface area contributed by atoms with E-state index in [4.69, 9.17) is 15.2 Å². The van der Waals surface area contributed by atoms with Crippen LogP contribution in [-0.4, -0.2) is 14.2 Å². The van der Waals surface area contributed by atoms with Gasteiger partial charge in [-0.2, -0.15) is 0 Å². The van der Waals surface area contributed by atoms with Crippen LogP contribution in [0, 0.1) is 12.7 Å². The maximum atomic E-state index is 13.2. The lowest BCUT2D eigenvalue weighted by atomic mass is 9.95. The first-order valence-electron chi connectivity index (χ1n) is 6.30. The van der Waals surface area contributed by atoms with Crippen LogP contribution < -0.4 is 15.2 Å². The number of halogens is 1. The molecule has 0 saturated carbocycles. The predicted octanol–water partition coefficient (Wildman–Crippen LogP) is 3.20. The maximum Gasteiger partial charge on any atom is 0.124 e. The van der Waals surface area contributed by atoms with E-state index in [1.54, 1.807) is 20.3 Å². The summed E-state index contributed by atoms with van der Waals surface area (Å²) >= 11 is 0. The van der Waals surface area contributed by atoms with Gasteiger partial charge in [0.25, 0.3) is 0 Å². The van der Waals surface area contributed by atoms with Crippen LogP contribution in [0.2, 0.25) is 0 Å². The van der Waals surface area contributed by atoms with E-state index in [0.29, 0.717) is 11.5 Å². The van der Waals surface area contributed by atoms with Crippen LogP contribution in [-0.2, 0) is 0 Å². The number of benzene rings is 2. The van der Waals surface area contributed by atoms with Gasteiger partial charge in [0.1, 0.15) is 17.3 Å². The number of aryl methyl sites for hydroxylation is 1. The van der Waals surface area contributed by atoms with Gasteiger partial charge in [-0.3, -0.25) is 0 Å². The fraction of sp³-hybridized carbons (Fsp3) is 0.250. The van der Waals surface area contributed by atoms with E-state index in [1.807, 2.05) is 25.1 Å². The molecule has 0 fully saturated rings. The van der Waals surface area contributed by atoms with Gasteiger partial charge in [0.15, 0.2) is 0 Å². The van der Waals surface area contributed by atoms with E-state index in [9.17, 15) is 4.39 Å². The lowest BCUT2D eigenvalue weighted by molar-refractivity contribution is 0.397. The van der Waals surface area contributed by atoms with Gasteiger partial charge in [0.2, 0.25) is 0 Å². The number of hydrogen-bond acceptors (Lipinski definition) is 3. The summed E-state index contributed by atoms with van der Waals surface area (Å²) in [5.41, 5.74) is 8.78. The average molecular weight is 275 g/mol. The van der Waals surface area contributed by atoms with E-state index in [-0.39, 0.29) is 5.82 Å². The molecule has 2 aromatic rings. The SMILES string of the molecule is COc1ccc(OC)c(C(N)c2ccc(F)cc2C)c1. The van der Waals surface area contributed by atoms with Gasteiger partial charge in [0, 0.05) is 5.56 Å². The van der Waals surface area contributed by atoms with Crippen molar-refractivity contribution in [2.24, 2.45) is 5.73 Å². The lowest BCUT2D eigenvalue weighted by Gasteiger charge is -2.19. The Hall–Kier alpha value is -2.07. The number of hydrogen-bond donors (Lipinski definition) is 1. The quantitative estimate of drug-likeness (QED) is 0.932. The lowest BCUT2D eigenvalue weighted by Crippen LogP contribution is -2.14. The standard InChI is InChI=1S/C16H18FNO2/c1-10-8-11(17)4-6-13(10)16(18)14-9-12(19-2)5-7-15(14)20-3/h4-9,16H,18H2,1-3H3. The molecule has 0 spiro atoms. The van der Waals surface area contributed by atoms with Crippen molar-refractivity contribution in [1.82, 2.24) is 0 Å². The molecule has 0 saturated heterocycles. The van der Waals surface area contributed by atoms with Crippen molar-refractivity contribution in [3.8, 4) is 11.5 Å². The van der Waals surface area contributed by atoms with Crippen LogP contribution in [0.4, 0.5) is 4.39 Å². The highest BCUT2D eigenvalue weighted by Crippen LogP contribution is 2.32. The highest BCUT2D eigenvalue weighted by molar-refractivity contribution is 5.47. The molecule has 0 aromatic heterocycles. The van der Waals surface area contributed by atoms with E-state index < -0.39 is 6.04 Å². The number of rotatable bonds is 4. The molecule has 0 aliphatic carbocycles. The highest BCUT2D eigenvalue weighted by atomic mass is 19.1. The van der Waals surface area contributed by atoms with Crippen LogP contribution in [0.15, 0.2) is 36.4 Å². The third-order valence-corrected chi connectivity index (χ3v) is 3.34. The van der Waals surface area contributed by atoms with Gasteiger partial charge < -0.3 is 15.2 Å². The second-order valence-electron chi connectivity index (χ2n) is 4.59. The smallest absolute Gasteiger partial charge is 0.124 e. The summed E-state index contributed by atoms with van der Waals surface area (Å²) in [5, 5.41) is 0. The van der Waals surface area contributed by atoms with Gasteiger partial charge in [-0.1, -0.05) is 6.07 Å². The fourth-order valence-corrected chi connectivity index (χ4v) is 2.24. The summed E-state index contributed by atoms with van der Waals surface area (Å²) in [5.74, 6) is 1.12. The van der Waals surface area contributed by atoms with Crippen molar-refractivity contribution in [3.05, 3.63) is 58.9 Å². The number of ether oxygens (including phenoxy) is 2. The number of methoxy groups -OCH3 is 2. The first-order valence-corrected chi connectivity index (χ1v) is 6.30. The molecule has 0 aliphatic rings. The maximum absolute atomic E-state index is 13.2. The van der Waals surface area contributed by atoms with Crippen LogP contribution >= 0.6 is 0 Å². The summed E-state index contributed by atoms with van der Waals surface area (Å²) in [6, 6.07) is 9.65. The Bertz CT molecular complexity index is 613. The van der Waals surface area contributed by atoms with Gasteiger partial charge in [0.05, 0.1) is 20.3 Å². The zero-order valence-corrected chi connectivity index (χ0v) is 11.8. The minimum Gasteiger partial charge on any atom is -0.497 e. The summed E-state index contributed by atoms with van der Waals surface area (Å²) in [6.07, 6.45) is 0. The molecule has 3 nitrogen and oxygen atoms in total. The van der Waals surface area contributed by atoms with Crippen LogP contribution in [0.5, 0.6) is 11.5 Å². The van der Waals surface area contributed by atoms with Crippen molar-refractivity contribution >= 4 is 0 Å². The fourth-order valence-electron chi connectivity index (χ4n) is 2.24. The van der Waals surface area contributed by atoms with Crippen molar-refractivity contribution in [1.29, 1.82) is 0 Å². The minimum atomic E-state index is -0.402. The summed E-state index contributed by atoms with van der Waals surface area (Å²) in [7, 11) is 3.19. The molecule has 2 N–H and O–H groups in total. The Morgan fingerprint density at radius 2 is 1.75 bits per heavy atom.